The molecule has 0 amide bonds. The average molecular weight is 278 g/mol. The zero-order valence-electron chi connectivity index (χ0n) is 12.1. The topological polar surface area (TPSA) is 31.4 Å². The fourth-order valence-corrected chi connectivity index (χ4v) is 2.89. The first-order chi connectivity index (χ1) is 9.78. The van der Waals surface area contributed by atoms with Gasteiger partial charge in [-0.3, -0.25) is 4.90 Å². The minimum Gasteiger partial charge on any atom is -0.354 e. The Morgan fingerprint density at radius 2 is 2.05 bits per heavy atom. The zero-order chi connectivity index (χ0) is 13.9. The van der Waals surface area contributed by atoms with E-state index in [0.29, 0.717) is 6.54 Å². The number of anilines is 1. The molecule has 0 aromatic carbocycles. The number of hydrogen-bond donors (Lipinski definition) is 1. The molecule has 2 heterocycles. The van der Waals surface area contributed by atoms with Crippen LogP contribution in [0.5, 0.6) is 0 Å². The maximum Gasteiger partial charge on any atom is 0.141 e. The molecule has 110 valence electrons. The highest BCUT2D eigenvalue weighted by molar-refractivity contribution is 5.47. The van der Waals surface area contributed by atoms with Crippen LogP contribution in [0.2, 0.25) is 0 Å². The largest absolute Gasteiger partial charge is 0.354 e. The van der Waals surface area contributed by atoms with Gasteiger partial charge in [0.15, 0.2) is 0 Å². The third-order valence-electron chi connectivity index (χ3n) is 4.15. The Kier molecular flexibility index (Phi) is 4.17. The fourth-order valence-electron chi connectivity index (χ4n) is 2.89. The summed E-state index contributed by atoms with van der Waals surface area (Å²) in [5.41, 5.74) is 0.965. The van der Waals surface area contributed by atoms with Crippen LogP contribution < -0.4 is 10.2 Å². The van der Waals surface area contributed by atoms with Gasteiger partial charge in [0.25, 0.3) is 0 Å². The molecule has 1 N–H and O–H groups in total. The van der Waals surface area contributed by atoms with E-state index in [4.69, 9.17) is 0 Å². The summed E-state index contributed by atoms with van der Waals surface area (Å²) in [5, 5.41) is 3.26. The second-order valence-corrected chi connectivity index (χ2v) is 5.67. The Bertz CT molecular complexity index is 453. The third kappa shape index (κ3) is 3.10. The summed E-state index contributed by atoms with van der Waals surface area (Å²) in [6, 6.07) is 2.44. The first-order valence-electron chi connectivity index (χ1n) is 7.62. The van der Waals surface area contributed by atoms with Gasteiger partial charge in [-0.2, -0.15) is 0 Å². The van der Waals surface area contributed by atoms with Crippen molar-refractivity contribution in [3.63, 3.8) is 0 Å². The molecular formula is C15H23FN4. The van der Waals surface area contributed by atoms with Crippen molar-refractivity contribution in [1.82, 2.24) is 15.2 Å². The predicted molar refractivity (Wildman–Crippen MR) is 78.4 cm³/mol. The van der Waals surface area contributed by atoms with Crippen LogP contribution in [0.3, 0.4) is 0 Å². The molecule has 2 fully saturated rings. The molecule has 0 spiro atoms. The summed E-state index contributed by atoms with van der Waals surface area (Å²) < 4.78 is 13.4. The van der Waals surface area contributed by atoms with Gasteiger partial charge in [-0.05, 0) is 25.5 Å². The van der Waals surface area contributed by atoms with E-state index in [0.717, 1.165) is 50.1 Å². The molecule has 0 bridgehead atoms. The number of hydrogen-bond acceptors (Lipinski definition) is 4. The van der Waals surface area contributed by atoms with Crippen LogP contribution in [-0.4, -0.2) is 48.6 Å². The number of nitrogens with zero attached hydrogens (tertiary/aromatic N) is 3. The lowest BCUT2D eigenvalue weighted by Gasteiger charge is -2.36. The lowest BCUT2D eigenvalue weighted by molar-refractivity contribution is 0.247. The number of pyridine rings is 1. The van der Waals surface area contributed by atoms with E-state index in [1.54, 1.807) is 6.07 Å². The second kappa shape index (κ2) is 6.06. The normalized spacial score (nSPS) is 20.4. The summed E-state index contributed by atoms with van der Waals surface area (Å²) in [7, 11) is 0. The van der Waals surface area contributed by atoms with E-state index in [2.05, 4.69) is 27.0 Å². The van der Waals surface area contributed by atoms with Crippen LogP contribution in [0, 0.1) is 5.82 Å². The lowest BCUT2D eigenvalue weighted by atomic mass is 10.2. The monoisotopic (exact) mass is 278 g/mol. The molecule has 5 heteroatoms. The van der Waals surface area contributed by atoms with Crippen molar-refractivity contribution in [3.05, 3.63) is 23.6 Å². The van der Waals surface area contributed by atoms with Gasteiger partial charge in [-0.25, -0.2) is 9.37 Å². The van der Waals surface area contributed by atoms with Gasteiger partial charge in [0, 0.05) is 44.3 Å². The molecule has 1 aromatic heterocycles. The molecule has 2 aliphatic rings. The van der Waals surface area contributed by atoms with E-state index in [-0.39, 0.29) is 5.82 Å². The Hall–Kier alpha value is -1.20. The molecule has 0 radical (unpaired) electrons. The summed E-state index contributed by atoms with van der Waals surface area (Å²) in [4.78, 5) is 9.20. The van der Waals surface area contributed by atoms with Crippen LogP contribution in [0.4, 0.5) is 10.2 Å². The number of nitrogens with one attached hydrogen (secondary N) is 1. The summed E-state index contributed by atoms with van der Waals surface area (Å²) in [6.45, 7) is 7.81. The van der Waals surface area contributed by atoms with Crippen molar-refractivity contribution in [2.24, 2.45) is 0 Å². The highest BCUT2D eigenvalue weighted by Gasteiger charge is 2.31. The Balaban J connectivity index is 1.69. The first-order valence-corrected chi connectivity index (χ1v) is 7.62. The van der Waals surface area contributed by atoms with Crippen molar-refractivity contribution < 1.29 is 4.39 Å². The molecule has 3 rings (SSSR count). The van der Waals surface area contributed by atoms with Crippen molar-refractivity contribution in [2.75, 3.05) is 37.6 Å². The molecule has 1 aromatic rings. The van der Waals surface area contributed by atoms with E-state index >= 15 is 0 Å². The van der Waals surface area contributed by atoms with E-state index in [1.807, 2.05) is 0 Å². The maximum absolute atomic E-state index is 13.4. The zero-order valence-corrected chi connectivity index (χ0v) is 12.1. The van der Waals surface area contributed by atoms with Crippen LogP contribution in [-0.2, 0) is 6.54 Å². The Morgan fingerprint density at radius 1 is 1.30 bits per heavy atom. The molecule has 4 nitrogen and oxygen atoms in total. The van der Waals surface area contributed by atoms with E-state index < -0.39 is 0 Å². The smallest absolute Gasteiger partial charge is 0.141 e. The van der Waals surface area contributed by atoms with Gasteiger partial charge in [-0.1, -0.05) is 6.92 Å². The van der Waals surface area contributed by atoms with Crippen molar-refractivity contribution in [2.45, 2.75) is 32.4 Å². The maximum atomic E-state index is 13.4. The van der Waals surface area contributed by atoms with Crippen molar-refractivity contribution in [3.8, 4) is 0 Å². The average Bonchev–Trinajstić information content (AvgIpc) is 3.30. The number of aromatic nitrogens is 1. The molecule has 0 unspecified atom stereocenters. The minimum atomic E-state index is -0.252. The highest BCUT2D eigenvalue weighted by atomic mass is 19.1. The van der Waals surface area contributed by atoms with Gasteiger partial charge < -0.3 is 10.2 Å². The summed E-state index contributed by atoms with van der Waals surface area (Å²) >= 11 is 0. The van der Waals surface area contributed by atoms with Gasteiger partial charge in [0.2, 0.25) is 0 Å². The number of halogens is 1. The third-order valence-corrected chi connectivity index (χ3v) is 4.15. The number of rotatable bonds is 5. The predicted octanol–water partition coefficient (Wildman–Crippen LogP) is 1.61. The van der Waals surface area contributed by atoms with Crippen molar-refractivity contribution in [1.29, 1.82) is 0 Å². The van der Waals surface area contributed by atoms with Crippen LogP contribution in [0.25, 0.3) is 0 Å². The Morgan fingerprint density at radius 3 is 2.70 bits per heavy atom. The standard InChI is InChI=1S/C15H23FN4/c1-2-17-10-12-9-13(16)11-18-15(12)20-7-5-19(6-8-20)14-3-4-14/h9,11,14,17H,2-8,10H2,1H3. The first kappa shape index (κ1) is 13.8. The molecule has 1 saturated heterocycles. The summed E-state index contributed by atoms with van der Waals surface area (Å²) in [6.07, 6.45) is 4.05. The van der Waals surface area contributed by atoms with Gasteiger partial charge in [0.05, 0.1) is 6.20 Å². The molecule has 1 aliphatic carbocycles. The molecular weight excluding hydrogens is 255 g/mol. The Labute approximate surface area is 120 Å². The van der Waals surface area contributed by atoms with Crippen molar-refractivity contribution >= 4 is 5.82 Å². The second-order valence-electron chi connectivity index (χ2n) is 5.67. The fraction of sp³-hybridized carbons (Fsp3) is 0.667. The van der Waals surface area contributed by atoms with Crippen LogP contribution in [0.15, 0.2) is 12.3 Å². The molecule has 1 saturated carbocycles. The van der Waals surface area contributed by atoms with Gasteiger partial charge in [-0.15, -0.1) is 0 Å². The van der Waals surface area contributed by atoms with Crippen LogP contribution >= 0.6 is 0 Å². The lowest BCUT2D eigenvalue weighted by Crippen LogP contribution is -2.47. The van der Waals surface area contributed by atoms with Gasteiger partial charge in [0.1, 0.15) is 11.6 Å². The minimum absolute atomic E-state index is 0.252. The van der Waals surface area contributed by atoms with Crippen LogP contribution in [0.1, 0.15) is 25.3 Å². The van der Waals surface area contributed by atoms with E-state index in [1.165, 1.54) is 19.0 Å². The molecule has 1 aliphatic heterocycles. The number of piperazine rings is 1. The summed E-state index contributed by atoms with van der Waals surface area (Å²) in [5.74, 6) is 0.695. The highest BCUT2D eigenvalue weighted by Crippen LogP contribution is 2.28. The quantitative estimate of drug-likeness (QED) is 0.887. The van der Waals surface area contributed by atoms with Gasteiger partial charge >= 0.3 is 0 Å². The molecule has 0 atom stereocenters. The molecule has 20 heavy (non-hydrogen) atoms. The van der Waals surface area contributed by atoms with E-state index in [9.17, 15) is 4.39 Å². The SMILES string of the molecule is CCNCc1cc(F)cnc1N1CCN(C2CC2)CC1.